The van der Waals surface area contributed by atoms with Crippen molar-refractivity contribution in [2.24, 2.45) is 0 Å². The summed E-state index contributed by atoms with van der Waals surface area (Å²) in [6.07, 6.45) is -4.58. The fraction of sp³-hybridized carbons (Fsp3) is 0.231. The molecule has 24 heavy (non-hydrogen) atoms. The summed E-state index contributed by atoms with van der Waals surface area (Å²) in [7, 11) is 0. The first-order valence-corrected chi connectivity index (χ1v) is 8.53. The monoisotopic (exact) mass is 372 g/mol. The molecule has 0 radical (unpaired) electrons. The second-order valence-electron chi connectivity index (χ2n) is 5.12. The van der Waals surface area contributed by atoms with E-state index < -0.39 is 12.0 Å². The third kappa shape index (κ3) is 1.94. The normalized spacial score (nSPS) is 21.0. The maximum Gasteiger partial charge on any atom is 0.453 e. The number of halogens is 3. The summed E-state index contributed by atoms with van der Waals surface area (Å²) >= 11 is 2.59. The van der Waals surface area contributed by atoms with E-state index in [1.165, 1.54) is 23.5 Å². The molecule has 2 aromatic rings. The van der Waals surface area contributed by atoms with Crippen molar-refractivity contribution in [3.05, 3.63) is 40.0 Å². The van der Waals surface area contributed by atoms with Crippen molar-refractivity contribution in [2.75, 3.05) is 11.8 Å². The SMILES string of the molecule is FC(F)(F)c1nnc2n1N1C(=CSC1c1ccc3c(c1)OCO3)S2. The van der Waals surface area contributed by atoms with E-state index >= 15 is 0 Å². The second-order valence-corrected chi connectivity index (χ2v) is 7.06. The van der Waals surface area contributed by atoms with Gasteiger partial charge in [0.05, 0.1) is 0 Å². The Labute approximate surface area is 141 Å². The Balaban J connectivity index is 1.58. The molecule has 1 aromatic carbocycles. The van der Waals surface area contributed by atoms with Crippen molar-refractivity contribution in [1.29, 1.82) is 0 Å². The Morgan fingerprint density at radius 1 is 1.17 bits per heavy atom. The smallest absolute Gasteiger partial charge is 0.453 e. The second kappa shape index (κ2) is 4.76. The fourth-order valence-electron chi connectivity index (χ4n) is 2.70. The molecule has 0 N–H and O–H groups in total. The molecule has 124 valence electrons. The van der Waals surface area contributed by atoms with Gasteiger partial charge in [-0.1, -0.05) is 17.8 Å². The molecule has 0 aliphatic carbocycles. The molecule has 0 bridgehead atoms. The molecule has 6 nitrogen and oxygen atoms in total. The van der Waals surface area contributed by atoms with Gasteiger partial charge < -0.3 is 9.47 Å². The zero-order chi connectivity index (χ0) is 16.5. The summed E-state index contributed by atoms with van der Waals surface area (Å²) < 4.78 is 51.3. The summed E-state index contributed by atoms with van der Waals surface area (Å²) in [5, 5.41) is 10.9. The van der Waals surface area contributed by atoms with Crippen LogP contribution in [0, 0.1) is 0 Å². The summed E-state index contributed by atoms with van der Waals surface area (Å²) in [4.78, 5) is 0. The van der Waals surface area contributed by atoms with Crippen molar-refractivity contribution < 1.29 is 22.6 Å². The van der Waals surface area contributed by atoms with Gasteiger partial charge in [-0.3, -0.25) is 5.01 Å². The summed E-state index contributed by atoms with van der Waals surface area (Å²) in [6.45, 7) is 0.146. The molecule has 1 unspecified atom stereocenters. The van der Waals surface area contributed by atoms with Crippen LogP contribution in [-0.2, 0) is 6.18 Å². The molecular weight excluding hydrogens is 365 g/mol. The Hall–Kier alpha value is -2.01. The van der Waals surface area contributed by atoms with Crippen LogP contribution in [0.2, 0.25) is 0 Å². The standard InChI is InChI=1S/C13H7F3N4O2S2/c14-13(15,16)11-17-18-12-20(11)19-9(24-12)4-23-10(19)6-1-2-7-8(3-6)22-5-21-7/h1-4,10H,5H2. The van der Waals surface area contributed by atoms with Gasteiger partial charge in [0.25, 0.3) is 5.82 Å². The largest absolute Gasteiger partial charge is 0.454 e. The number of hydrogen-bond donors (Lipinski definition) is 0. The van der Waals surface area contributed by atoms with Gasteiger partial charge >= 0.3 is 6.18 Å². The van der Waals surface area contributed by atoms with Gasteiger partial charge in [-0.2, -0.15) is 13.2 Å². The Morgan fingerprint density at radius 2 is 2.00 bits per heavy atom. The molecule has 1 aromatic heterocycles. The molecule has 11 heteroatoms. The van der Waals surface area contributed by atoms with Gasteiger partial charge in [-0.25, -0.2) is 4.68 Å². The molecule has 0 fully saturated rings. The van der Waals surface area contributed by atoms with Crippen LogP contribution in [0.3, 0.4) is 0 Å². The van der Waals surface area contributed by atoms with E-state index in [1.54, 1.807) is 17.1 Å². The number of ether oxygens (including phenoxy) is 2. The minimum Gasteiger partial charge on any atom is -0.454 e. The van der Waals surface area contributed by atoms with Gasteiger partial charge in [0, 0.05) is 5.41 Å². The lowest BCUT2D eigenvalue weighted by Gasteiger charge is -2.26. The minimum atomic E-state index is -4.58. The number of alkyl halides is 3. The van der Waals surface area contributed by atoms with E-state index in [-0.39, 0.29) is 17.3 Å². The first kappa shape index (κ1) is 14.3. The van der Waals surface area contributed by atoms with Gasteiger partial charge in [0.15, 0.2) is 11.5 Å². The van der Waals surface area contributed by atoms with Crippen LogP contribution < -0.4 is 14.5 Å². The van der Waals surface area contributed by atoms with E-state index in [4.69, 9.17) is 9.47 Å². The molecule has 4 heterocycles. The predicted molar refractivity (Wildman–Crippen MR) is 80.1 cm³/mol. The Kier molecular flexibility index (Phi) is 2.84. The summed E-state index contributed by atoms with van der Waals surface area (Å²) in [5.41, 5.74) is 0.811. The van der Waals surface area contributed by atoms with Crippen LogP contribution in [0.25, 0.3) is 0 Å². The van der Waals surface area contributed by atoms with Crippen LogP contribution in [0.15, 0.2) is 33.8 Å². The number of benzene rings is 1. The van der Waals surface area contributed by atoms with Crippen molar-refractivity contribution in [3.8, 4) is 11.5 Å². The highest BCUT2D eigenvalue weighted by Gasteiger charge is 2.47. The molecule has 5 rings (SSSR count). The number of aromatic nitrogens is 3. The van der Waals surface area contributed by atoms with E-state index in [1.807, 2.05) is 11.5 Å². The van der Waals surface area contributed by atoms with Gasteiger partial charge in [-0.15, -0.1) is 10.2 Å². The van der Waals surface area contributed by atoms with Gasteiger partial charge in [0.1, 0.15) is 10.4 Å². The predicted octanol–water partition coefficient (Wildman–Crippen LogP) is 3.31. The van der Waals surface area contributed by atoms with Crippen LogP contribution in [0.5, 0.6) is 11.5 Å². The van der Waals surface area contributed by atoms with Gasteiger partial charge in [0.2, 0.25) is 11.9 Å². The number of fused-ring (bicyclic) bond motifs is 4. The topological polar surface area (TPSA) is 52.4 Å². The number of thioether (sulfide) groups is 2. The molecule has 0 saturated heterocycles. The van der Waals surface area contributed by atoms with E-state index in [2.05, 4.69) is 10.2 Å². The van der Waals surface area contributed by atoms with Crippen LogP contribution in [0.4, 0.5) is 13.2 Å². The third-order valence-corrected chi connectivity index (χ3v) is 5.89. The zero-order valence-electron chi connectivity index (χ0n) is 11.6. The Morgan fingerprint density at radius 3 is 2.83 bits per heavy atom. The van der Waals surface area contributed by atoms with E-state index in [0.29, 0.717) is 16.5 Å². The quantitative estimate of drug-likeness (QED) is 0.761. The highest BCUT2D eigenvalue weighted by molar-refractivity contribution is 8.07. The summed E-state index contributed by atoms with van der Waals surface area (Å²) in [6, 6.07) is 5.37. The molecule has 0 amide bonds. The zero-order valence-corrected chi connectivity index (χ0v) is 13.3. The molecule has 1 atom stereocenters. The van der Waals surface area contributed by atoms with E-state index in [0.717, 1.165) is 10.2 Å². The number of rotatable bonds is 1. The Bertz CT molecular complexity index is 883. The average molecular weight is 372 g/mol. The lowest BCUT2D eigenvalue weighted by atomic mass is 10.2. The molecule has 0 saturated carbocycles. The molecule has 3 aliphatic heterocycles. The molecule has 0 spiro atoms. The molecular formula is C13H7F3N4O2S2. The lowest BCUT2D eigenvalue weighted by molar-refractivity contribution is -0.147. The molecule has 3 aliphatic rings. The van der Waals surface area contributed by atoms with Crippen LogP contribution in [-0.4, -0.2) is 21.7 Å². The first-order valence-electron chi connectivity index (χ1n) is 6.77. The number of nitrogens with zero attached hydrogens (tertiary/aromatic N) is 4. The average Bonchev–Trinajstić information content (AvgIpc) is 3.25. The maximum absolute atomic E-state index is 13.2. The van der Waals surface area contributed by atoms with E-state index in [9.17, 15) is 13.2 Å². The van der Waals surface area contributed by atoms with Crippen LogP contribution in [0.1, 0.15) is 16.8 Å². The number of hydrogen-bond acceptors (Lipinski definition) is 7. The van der Waals surface area contributed by atoms with Crippen LogP contribution >= 0.6 is 23.5 Å². The third-order valence-electron chi connectivity index (χ3n) is 3.70. The summed E-state index contributed by atoms with van der Waals surface area (Å²) in [5.74, 6) is 0.196. The highest BCUT2D eigenvalue weighted by atomic mass is 32.2. The van der Waals surface area contributed by atoms with Crippen molar-refractivity contribution in [2.45, 2.75) is 16.7 Å². The van der Waals surface area contributed by atoms with Gasteiger partial charge in [-0.05, 0) is 29.5 Å². The minimum absolute atomic E-state index is 0.146. The fourth-order valence-corrected chi connectivity index (χ4v) is 4.92. The van der Waals surface area contributed by atoms with Crippen molar-refractivity contribution in [3.63, 3.8) is 0 Å². The highest BCUT2D eigenvalue weighted by Crippen LogP contribution is 2.53. The lowest BCUT2D eigenvalue weighted by Crippen LogP contribution is -2.33. The first-order chi connectivity index (χ1) is 11.5. The van der Waals surface area contributed by atoms with Crippen molar-refractivity contribution in [1.82, 2.24) is 14.9 Å². The van der Waals surface area contributed by atoms with Crippen molar-refractivity contribution >= 4 is 23.5 Å². The maximum atomic E-state index is 13.2.